The molecule has 5 nitrogen and oxygen atoms in total. The Morgan fingerprint density at radius 3 is 2.40 bits per heavy atom. The second-order valence-corrected chi connectivity index (χ2v) is 8.54. The Balaban J connectivity index is 1.66. The number of fused-ring (bicyclic) bond motifs is 1. The lowest BCUT2D eigenvalue weighted by atomic mass is 9.97. The summed E-state index contributed by atoms with van der Waals surface area (Å²) in [6.45, 7) is 1.20. The summed E-state index contributed by atoms with van der Waals surface area (Å²) in [4.78, 5) is 14.6. The summed E-state index contributed by atoms with van der Waals surface area (Å²) < 4.78 is 42.4. The fraction of sp³-hybridized carbons (Fsp3) is 0.500. The molecule has 2 aromatic rings. The second-order valence-electron chi connectivity index (χ2n) is 7.73. The van der Waals surface area contributed by atoms with Crippen molar-refractivity contribution in [1.29, 1.82) is 0 Å². The van der Waals surface area contributed by atoms with Crippen LogP contribution in [0.3, 0.4) is 0 Å². The van der Waals surface area contributed by atoms with Gasteiger partial charge in [-0.05, 0) is 30.5 Å². The summed E-state index contributed by atoms with van der Waals surface area (Å²) in [5, 5.41) is 7.75. The normalized spacial score (nSPS) is 22.2. The first kappa shape index (κ1) is 21.3. The highest BCUT2D eigenvalue weighted by Crippen LogP contribution is 2.44. The lowest BCUT2D eigenvalue weighted by molar-refractivity contribution is -0.173. The van der Waals surface area contributed by atoms with Crippen molar-refractivity contribution in [2.45, 2.75) is 50.4 Å². The number of likely N-dealkylation sites (tertiary alicyclic amines) is 1. The highest BCUT2D eigenvalue weighted by molar-refractivity contribution is 6.42. The minimum atomic E-state index is -4.51. The summed E-state index contributed by atoms with van der Waals surface area (Å²) in [6, 6.07) is 3.69. The van der Waals surface area contributed by atoms with E-state index in [1.54, 1.807) is 23.1 Å². The maximum absolute atomic E-state index is 13.8. The summed E-state index contributed by atoms with van der Waals surface area (Å²) in [6.07, 6.45) is -0.906. The van der Waals surface area contributed by atoms with Crippen LogP contribution in [-0.2, 0) is 0 Å². The van der Waals surface area contributed by atoms with E-state index in [9.17, 15) is 18.0 Å². The van der Waals surface area contributed by atoms with Crippen LogP contribution in [0, 0.1) is 0 Å². The summed E-state index contributed by atoms with van der Waals surface area (Å²) in [5.41, 5.74) is 0.620. The third kappa shape index (κ3) is 4.25. The Morgan fingerprint density at radius 2 is 1.77 bits per heavy atom. The Labute approximate surface area is 182 Å². The fourth-order valence-electron chi connectivity index (χ4n) is 4.06. The highest BCUT2D eigenvalue weighted by Gasteiger charge is 2.47. The number of benzene rings is 1. The zero-order valence-corrected chi connectivity index (χ0v) is 17.6. The van der Waals surface area contributed by atoms with Gasteiger partial charge in [0.25, 0.3) is 5.91 Å². The van der Waals surface area contributed by atoms with Gasteiger partial charge in [-0.2, -0.15) is 18.3 Å². The van der Waals surface area contributed by atoms with Crippen LogP contribution >= 0.6 is 23.2 Å². The molecular formula is C20H21Cl2F3N4O. The molecule has 2 aliphatic rings. The van der Waals surface area contributed by atoms with Crippen LogP contribution in [0.4, 0.5) is 19.0 Å². The van der Waals surface area contributed by atoms with E-state index in [2.05, 4.69) is 10.4 Å². The van der Waals surface area contributed by atoms with E-state index in [0.717, 1.165) is 30.4 Å². The van der Waals surface area contributed by atoms with E-state index < -0.39 is 18.3 Å². The van der Waals surface area contributed by atoms with Gasteiger partial charge in [-0.25, -0.2) is 4.68 Å². The summed E-state index contributed by atoms with van der Waals surface area (Å²) in [7, 11) is 0. The van der Waals surface area contributed by atoms with Gasteiger partial charge in [0, 0.05) is 25.6 Å². The molecule has 1 aromatic heterocycles. The Hall–Kier alpha value is -1.93. The molecule has 1 saturated heterocycles. The van der Waals surface area contributed by atoms with Crippen molar-refractivity contribution in [3.05, 3.63) is 45.6 Å². The molecule has 0 spiro atoms. The number of hydrogen-bond acceptors (Lipinski definition) is 3. The first-order chi connectivity index (χ1) is 14.2. The predicted molar refractivity (Wildman–Crippen MR) is 109 cm³/mol. The molecule has 1 aromatic carbocycles. The number of anilines is 1. The number of aromatic nitrogens is 2. The lowest BCUT2D eigenvalue weighted by Gasteiger charge is -2.33. The van der Waals surface area contributed by atoms with Crippen molar-refractivity contribution >= 4 is 34.9 Å². The van der Waals surface area contributed by atoms with Gasteiger partial charge in [0.05, 0.1) is 16.1 Å². The highest BCUT2D eigenvalue weighted by atomic mass is 35.5. The molecule has 30 heavy (non-hydrogen) atoms. The minimum absolute atomic E-state index is 0.0310. The number of carbonyl (C=O) groups excluding carboxylic acids is 1. The molecule has 0 unspecified atom stereocenters. The maximum Gasteiger partial charge on any atom is 0.410 e. The topological polar surface area (TPSA) is 50.2 Å². The molecule has 0 radical (unpaired) electrons. The first-order valence-corrected chi connectivity index (χ1v) is 10.7. The van der Waals surface area contributed by atoms with Gasteiger partial charge in [0.15, 0.2) is 11.7 Å². The third-order valence-corrected chi connectivity index (χ3v) is 6.39. The predicted octanol–water partition coefficient (Wildman–Crippen LogP) is 5.87. The van der Waals surface area contributed by atoms with E-state index in [1.165, 1.54) is 6.07 Å². The Bertz CT molecular complexity index is 939. The van der Waals surface area contributed by atoms with Gasteiger partial charge < -0.3 is 10.2 Å². The van der Waals surface area contributed by atoms with Gasteiger partial charge in [-0.1, -0.05) is 42.1 Å². The van der Waals surface area contributed by atoms with Crippen molar-refractivity contribution in [1.82, 2.24) is 14.7 Å². The minimum Gasteiger partial charge on any atom is -0.363 e. The quantitative estimate of drug-likeness (QED) is 0.609. The van der Waals surface area contributed by atoms with Gasteiger partial charge in [-0.15, -0.1) is 0 Å². The van der Waals surface area contributed by atoms with Crippen molar-refractivity contribution in [2.24, 2.45) is 0 Å². The molecule has 0 saturated carbocycles. The molecule has 2 atom stereocenters. The molecule has 2 aliphatic heterocycles. The van der Waals surface area contributed by atoms with Crippen LogP contribution < -0.4 is 5.32 Å². The van der Waals surface area contributed by atoms with Crippen LogP contribution in [0.15, 0.2) is 24.3 Å². The van der Waals surface area contributed by atoms with E-state index >= 15 is 0 Å². The Morgan fingerprint density at radius 1 is 1.07 bits per heavy atom. The standard InChI is InChI=1S/C20H21Cl2F3N4O/c21-13-6-5-12(9-14(13)22)15-10-17(20(23,24)25)29-18(26-15)11-16(27-29)19(30)28-7-3-1-2-4-8-28/h5-6,9,11,15,17,26H,1-4,7-8,10H2/t15-,17+/m1/s1. The molecule has 4 rings (SSSR count). The summed E-state index contributed by atoms with van der Waals surface area (Å²) >= 11 is 12.0. The second kappa shape index (κ2) is 8.30. The average Bonchev–Trinajstić information content (AvgIpc) is 2.93. The van der Waals surface area contributed by atoms with Gasteiger partial charge in [0.1, 0.15) is 5.82 Å². The van der Waals surface area contributed by atoms with Crippen LogP contribution in [0.1, 0.15) is 60.2 Å². The molecule has 3 heterocycles. The largest absolute Gasteiger partial charge is 0.410 e. The number of nitrogens with one attached hydrogen (secondary N) is 1. The number of halogens is 5. The molecule has 0 bridgehead atoms. The molecule has 0 aliphatic carbocycles. The Kier molecular flexibility index (Phi) is 5.90. The third-order valence-electron chi connectivity index (χ3n) is 5.65. The first-order valence-electron chi connectivity index (χ1n) is 9.91. The van der Waals surface area contributed by atoms with E-state index in [-0.39, 0.29) is 28.9 Å². The van der Waals surface area contributed by atoms with Crippen molar-refractivity contribution < 1.29 is 18.0 Å². The molecule has 162 valence electrons. The van der Waals surface area contributed by atoms with Crippen molar-refractivity contribution in [2.75, 3.05) is 18.4 Å². The maximum atomic E-state index is 13.8. The zero-order chi connectivity index (χ0) is 21.5. The smallest absolute Gasteiger partial charge is 0.363 e. The number of hydrogen-bond donors (Lipinski definition) is 1. The molecule has 1 fully saturated rings. The van der Waals surface area contributed by atoms with E-state index in [4.69, 9.17) is 23.2 Å². The van der Waals surface area contributed by atoms with Gasteiger partial charge >= 0.3 is 6.18 Å². The van der Waals surface area contributed by atoms with Crippen molar-refractivity contribution in [3.8, 4) is 0 Å². The number of alkyl halides is 3. The number of carbonyl (C=O) groups is 1. The van der Waals surface area contributed by atoms with Crippen molar-refractivity contribution in [3.63, 3.8) is 0 Å². The van der Waals surface area contributed by atoms with Gasteiger partial charge in [-0.3, -0.25) is 4.79 Å². The SMILES string of the molecule is O=C(c1cc2n(n1)[C@H](C(F)(F)F)C[C@H](c1ccc(Cl)c(Cl)c1)N2)N1CCCCCC1. The van der Waals surface area contributed by atoms with Crippen LogP contribution in [0.2, 0.25) is 10.0 Å². The van der Waals surface area contributed by atoms with E-state index in [0.29, 0.717) is 23.7 Å². The molecular weight excluding hydrogens is 440 g/mol. The summed E-state index contributed by atoms with van der Waals surface area (Å²) in [5.74, 6) is -0.162. The average molecular weight is 461 g/mol. The number of amides is 1. The number of nitrogens with zero attached hydrogens (tertiary/aromatic N) is 3. The molecule has 1 amide bonds. The van der Waals surface area contributed by atoms with Crippen LogP contribution in [0.5, 0.6) is 0 Å². The molecule has 10 heteroatoms. The molecule has 1 N–H and O–H groups in total. The monoisotopic (exact) mass is 460 g/mol. The number of rotatable bonds is 2. The van der Waals surface area contributed by atoms with Gasteiger partial charge in [0.2, 0.25) is 0 Å². The van der Waals surface area contributed by atoms with Crippen LogP contribution in [0.25, 0.3) is 0 Å². The lowest BCUT2D eigenvalue weighted by Crippen LogP contribution is -2.36. The fourth-order valence-corrected chi connectivity index (χ4v) is 4.37. The zero-order valence-electron chi connectivity index (χ0n) is 16.1. The van der Waals surface area contributed by atoms with E-state index in [1.807, 2.05) is 0 Å². The van der Waals surface area contributed by atoms with Crippen LogP contribution in [-0.4, -0.2) is 39.9 Å².